The second-order valence-electron chi connectivity index (χ2n) is 7.94. The smallest absolute Gasteiger partial charge is 0.298 e. The van der Waals surface area contributed by atoms with E-state index in [1.54, 1.807) is 19.2 Å². The van der Waals surface area contributed by atoms with Gasteiger partial charge in [-0.15, -0.1) is 0 Å². The summed E-state index contributed by atoms with van der Waals surface area (Å²) in [5.74, 6) is 6.37. The predicted molar refractivity (Wildman–Crippen MR) is 118 cm³/mol. The molecule has 154 valence electrons. The van der Waals surface area contributed by atoms with Gasteiger partial charge in [0.25, 0.3) is 11.8 Å². The third kappa shape index (κ3) is 4.36. The van der Waals surface area contributed by atoms with E-state index in [1.807, 2.05) is 46.2 Å². The Balaban J connectivity index is 1.28. The average molecular weight is 467 g/mol. The number of halogens is 1. The number of nitrogens with zero attached hydrogens (tertiary/aromatic N) is 2. The molecule has 6 heteroatoms. The van der Waals surface area contributed by atoms with E-state index in [9.17, 15) is 9.59 Å². The van der Waals surface area contributed by atoms with Gasteiger partial charge in [-0.25, -0.2) is 0 Å². The van der Waals surface area contributed by atoms with Gasteiger partial charge < -0.3 is 14.5 Å². The maximum Gasteiger partial charge on any atom is 0.298 e. The number of carbonyl (C=O) groups is 2. The number of ether oxygens (including phenoxy) is 1. The van der Waals surface area contributed by atoms with Crippen LogP contribution in [0.5, 0.6) is 5.75 Å². The first-order chi connectivity index (χ1) is 14.5. The Hall–Kier alpha value is -2.78. The van der Waals surface area contributed by atoms with Crippen LogP contribution < -0.4 is 4.74 Å². The lowest BCUT2D eigenvalue weighted by molar-refractivity contribution is -0.129. The predicted octanol–water partition coefficient (Wildman–Crippen LogP) is 3.57. The number of hydrogen-bond acceptors (Lipinski definition) is 3. The van der Waals surface area contributed by atoms with Crippen LogP contribution in [-0.2, 0) is 4.79 Å². The molecular weight excluding hydrogens is 444 g/mol. The van der Waals surface area contributed by atoms with Gasteiger partial charge in [-0.1, -0.05) is 21.9 Å². The Kier molecular flexibility index (Phi) is 5.83. The van der Waals surface area contributed by atoms with Crippen LogP contribution in [-0.4, -0.2) is 54.9 Å². The largest absolute Gasteiger partial charge is 0.497 e. The topological polar surface area (TPSA) is 49.9 Å². The van der Waals surface area contributed by atoms with E-state index in [0.29, 0.717) is 18.7 Å². The molecule has 2 aromatic carbocycles. The van der Waals surface area contributed by atoms with Gasteiger partial charge in [0.15, 0.2) is 0 Å². The fraction of sp³-hybridized carbons (Fsp3) is 0.333. The molecule has 2 aromatic rings. The normalized spacial score (nSPS) is 17.0. The lowest BCUT2D eigenvalue weighted by Crippen LogP contribution is -2.62. The third-order valence-electron chi connectivity index (χ3n) is 5.95. The summed E-state index contributed by atoms with van der Waals surface area (Å²) in [5.41, 5.74) is 1.64. The molecule has 2 fully saturated rings. The van der Waals surface area contributed by atoms with Crippen molar-refractivity contribution in [3.8, 4) is 17.6 Å². The fourth-order valence-corrected chi connectivity index (χ4v) is 4.33. The minimum atomic E-state index is -0.127. The summed E-state index contributed by atoms with van der Waals surface area (Å²) in [6, 6.07) is 14.8. The lowest BCUT2D eigenvalue weighted by atomic mass is 9.71. The first-order valence-corrected chi connectivity index (χ1v) is 10.8. The zero-order chi connectivity index (χ0) is 21.1. The van der Waals surface area contributed by atoms with Gasteiger partial charge in [0.2, 0.25) is 0 Å². The number of rotatable bonds is 2. The number of hydrogen-bond donors (Lipinski definition) is 0. The summed E-state index contributed by atoms with van der Waals surface area (Å²) in [6.45, 7) is 2.89. The second kappa shape index (κ2) is 8.53. The Morgan fingerprint density at radius 2 is 1.60 bits per heavy atom. The van der Waals surface area contributed by atoms with Crippen LogP contribution in [0, 0.1) is 17.3 Å². The molecule has 0 saturated carbocycles. The van der Waals surface area contributed by atoms with E-state index in [2.05, 4.69) is 27.8 Å². The SMILES string of the molecule is COc1ccc(C(=O)N2CC3(CCN(C(=O)C#Cc4ccc(Br)cc4)CC3)C2)cc1. The Bertz CT molecular complexity index is 989. The molecule has 4 rings (SSSR count). The molecule has 2 heterocycles. The molecule has 0 aliphatic carbocycles. The van der Waals surface area contributed by atoms with Gasteiger partial charge in [0, 0.05) is 53.1 Å². The van der Waals surface area contributed by atoms with Crippen molar-refractivity contribution in [1.29, 1.82) is 0 Å². The standard InChI is InChI=1S/C24H23BrN2O3/c1-30-21-9-5-19(6-10-21)23(29)27-16-24(17-27)12-14-26(15-13-24)22(28)11-4-18-2-7-20(25)8-3-18/h2-3,5-10H,12-17H2,1H3. The molecule has 5 nitrogen and oxygen atoms in total. The lowest BCUT2D eigenvalue weighted by Gasteiger charge is -2.53. The van der Waals surface area contributed by atoms with Crippen molar-refractivity contribution in [2.24, 2.45) is 5.41 Å². The molecular formula is C24H23BrN2O3. The summed E-state index contributed by atoms with van der Waals surface area (Å²) < 4.78 is 6.13. The van der Waals surface area contributed by atoms with E-state index in [1.165, 1.54) is 0 Å². The Morgan fingerprint density at radius 3 is 2.20 bits per heavy atom. The maximum atomic E-state index is 12.7. The van der Waals surface area contributed by atoms with Crippen molar-refractivity contribution >= 4 is 27.7 Å². The van der Waals surface area contributed by atoms with E-state index in [-0.39, 0.29) is 17.2 Å². The molecule has 0 atom stereocenters. The molecule has 2 aliphatic rings. The average Bonchev–Trinajstić information content (AvgIpc) is 2.76. The number of likely N-dealkylation sites (tertiary alicyclic amines) is 2. The van der Waals surface area contributed by atoms with Gasteiger partial charge in [-0.3, -0.25) is 9.59 Å². The van der Waals surface area contributed by atoms with Crippen molar-refractivity contribution in [1.82, 2.24) is 9.80 Å². The van der Waals surface area contributed by atoms with Crippen LogP contribution in [0.4, 0.5) is 0 Å². The first kappa shape index (κ1) is 20.5. The van der Waals surface area contributed by atoms with Crippen LogP contribution in [0.15, 0.2) is 53.0 Å². The monoisotopic (exact) mass is 466 g/mol. The van der Waals surface area contributed by atoms with Crippen LogP contribution >= 0.6 is 15.9 Å². The van der Waals surface area contributed by atoms with Gasteiger partial charge in [0.1, 0.15) is 5.75 Å². The first-order valence-electron chi connectivity index (χ1n) is 9.98. The summed E-state index contributed by atoms with van der Waals surface area (Å²) in [6.07, 6.45) is 1.82. The molecule has 2 saturated heterocycles. The van der Waals surface area contributed by atoms with E-state index in [4.69, 9.17) is 4.74 Å². The minimum Gasteiger partial charge on any atom is -0.497 e. The van der Waals surface area contributed by atoms with Gasteiger partial charge >= 0.3 is 0 Å². The molecule has 0 N–H and O–H groups in total. The van der Waals surface area contributed by atoms with Gasteiger partial charge in [-0.05, 0) is 61.4 Å². The number of piperidine rings is 1. The molecule has 1 spiro atoms. The van der Waals surface area contributed by atoms with Crippen molar-refractivity contribution in [2.75, 3.05) is 33.3 Å². The van der Waals surface area contributed by atoms with Crippen LogP contribution in [0.1, 0.15) is 28.8 Å². The maximum absolute atomic E-state index is 12.7. The quantitative estimate of drug-likeness (QED) is 0.635. The summed E-state index contributed by atoms with van der Waals surface area (Å²) in [5, 5.41) is 0. The van der Waals surface area contributed by atoms with Crippen LogP contribution in [0.2, 0.25) is 0 Å². The van der Waals surface area contributed by atoms with E-state index >= 15 is 0 Å². The molecule has 0 radical (unpaired) electrons. The number of methoxy groups -OCH3 is 1. The molecule has 0 bridgehead atoms. The summed E-state index contributed by atoms with van der Waals surface area (Å²) in [4.78, 5) is 28.8. The molecule has 0 aromatic heterocycles. The number of benzene rings is 2. The van der Waals surface area contributed by atoms with Gasteiger partial charge in [-0.2, -0.15) is 0 Å². The van der Waals surface area contributed by atoms with E-state index < -0.39 is 0 Å². The molecule has 2 aliphatic heterocycles. The van der Waals surface area contributed by atoms with Crippen LogP contribution in [0.3, 0.4) is 0 Å². The zero-order valence-electron chi connectivity index (χ0n) is 16.9. The number of carbonyl (C=O) groups excluding carboxylic acids is 2. The van der Waals surface area contributed by atoms with E-state index in [0.717, 1.165) is 41.7 Å². The summed E-state index contributed by atoms with van der Waals surface area (Å²) >= 11 is 3.39. The van der Waals surface area contributed by atoms with Crippen molar-refractivity contribution in [2.45, 2.75) is 12.8 Å². The zero-order valence-corrected chi connectivity index (χ0v) is 18.4. The highest BCUT2D eigenvalue weighted by molar-refractivity contribution is 9.10. The Morgan fingerprint density at radius 1 is 0.967 bits per heavy atom. The van der Waals surface area contributed by atoms with Crippen LogP contribution in [0.25, 0.3) is 0 Å². The van der Waals surface area contributed by atoms with Gasteiger partial charge in [0.05, 0.1) is 7.11 Å². The minimum absolute atomic E-state index is 0.0575. The van der Waals surface area contributed by atoms with Crippen molar-refractivity contribution in [3.05, 3.63) is 64.1 Å². The fourth-order valence-electron chi connectivity index (χ4n) is 4.06. The highest BCUT2D eigenvalue weighted by Gasteiger charge is 2.47. The molecule has 30 heavy (non-hydrogen) atoms. The summed E-state index contributed by atoms with van der Waals surface area (Å²) in [7, 11) is 1.61. The van der Waals surface area contributed by atoms with Crippen molar-refractivity contribution in [3.63, 3.8) is 0 Å². The number of amides is 2. The second-order valence-corrected chi connectivity index (χ2v) is 8.85. The Labute approximate surface area is 185 Å². The van der Waals surface area contributed by atoms with Crippen molar-refractivity contribution < 1.29 is 14.3 Å². The highest BCUT2D eigenvalue weighted by Crippen LogP contribution is 2.41. The highest BCUT2D eigenvalue weighted by atomic mass is 79.9. The third-order valence-corrected chi connectivity index (χ3v) is 6.47. The molecule has 2 amide bonds. The molecule has 0 unspecified atom stereocenters.